The van der Waals surface area contributed by atoms with E-state index in [1.54, 1.807) is 5.57 Å². The fraction of sp³-hybridized carbons (Fsp3) is 0.667. The lowest BCUT2D eigenvalue weighted by atomic mass is 10.1. The Morgan fingerprint density at radius 3 is 2.46 bits per heavy atom. The van der Waals surface area contributed by atoms with E-state index in [4.69, 9.17) is 0 Å². The van der Waals surface area contributed by atoms with Crippen molar-refractivity contribution in [1.29, 1.82) is 0 Å². The Labute approximate surface area is 87.5 Å². The Morgan fingerprint density at radius 1 is 1.31 bits per heavy atom. The number of hydrogen-bond acceptors (Lipinski definition) is 1. The largest absolute Gasteiger partial charge is 0.127 e. The van der Waals surface area contributed by atoms with Crippen LogP contribution in [0.3, 0.4) is 0 Å². The van der Waals surface area contributed by atoms with E-state index in [2.05, 4.69) is 39.8 Å². The van der Waals surface area contributed by atoms with Gasteiger partial charge in [0.15, 0.2) is 0 Å². The fourth-order valence-electron chi connectivity index (χ4n) is 1.13. The molecule has 0 aromatic carbocycles. The van der Waals surface area contributed by atoms with Crippen LogP contribution in [0.25, 0.3) is 0 Å². The van der Waals surface area contributed by atoms with Crippen molar-refractivity contribution < 1.29 is 0 Å². The first kappa shape index (κ1) is 12.8. The minimum atomic E-state index is 1.17. The standard InChI is InChI=1S/C12H22S/c1-5-8-12(9-6-2)10-13-11(4)7-3/h7-8H,5-6,9-10H2,1-4H3/b11-7-,12-8+. The topological polar surface area (TPSA) is 0 Å². The molecule has 0 atom stereocenters. The third-order valence-corrected chi connectivity index (χ3v) is 3.16. The molecule has 13 heavy (non-hydrogen) atoms. The van der Waals surface area contributed by atoms with Crippen molar-refractivity contribution in [2.45, 2.75) is 47.0 Å². The average Bonchev–Trinajstić information content (AvgIpc) is 2.14. The van der Waals surface area contributed by atoms with E-state index in [1.165, 1.54) is 29.9 Å². The van der Waals surface area contributed by atoms with Gasteiger partial charge < -0.3 is 0 Å². The van der Waals surface area contributed by atoms with Gasteiger partial charge in [-0.1, -0.05) is 38.0 Å². The van der Waals surface area contributed by atoms with Crippen LogP contribution in [0.15, 0.2) is 22.6 Å². The molecule has 0 N–H and O–H groups in total. The van der Waals surface area contributed by atoms with Crippen molar-refractivity contribution in [2.24, 2.45) is 0 Å². The van der Waals surface area contributed by atoms with Crippen LogP contribution in [0.5, 0.6) is 0 Å². The van der Waals surface area contributed by atoms with E-state index >= 15 is 0 Å². The van der Waals surface area contributed by atoms with Crippen LogP contribution >= 0.6 is 11.8 Å². The van der Waals surface area contributed by atoms with Gasteiger partial charge in [-0.05, 0) is 31.6 Å². The molecule has 0 radical (unpaired) electrons. The van der Waals surface area contributed by atoms with Crippen LogP contribution in [0, 0.1) is 0 Å². The van der Waals surface area contributed by atoms with E-state index in [-0.39, 0.29) is 0 Å². The van der Waals surface area contributed by atoms with E-state index in [0.717, 1.165) is 0 Å². The SMILES string of the molecule is C/C=C(/C)SC/C(=C/CC)CCC. The molecule has 0 unspecified atom stereocenters. The second-order valence-corrected chi connectivity index (χ2v) is 4.43. The molecule has 0 saturated heterocycles. The van der Waals surface area contributed by atoms with E-state index in [1.807, 2.05) is 11.8 Å². The monoisotopic (exact) mass is 198 g/mol. The summed E-state index contributed by atoms with van der Waals surface area (Å²) in [5, 5.41) is 0. The summed E-state index contributed by atoms with van der Waals surface area (Å²) in [5.74, 6) is 1.18. The molecular weight excluding hydrogens is 176 g/mol. The van der Waals surface area contributed by atoms with Crippen molar-refractivity contribution in [2.75, 3.05) is 5.75 Å². The molecule has 76 valence electrons. The Bertz CT molecular complexity index is 178. The first-order valence-corrected chi connectivity index (χ1v) is 6.16. The highest BCUT2D eigenvalue weighted by molar-refractivity contribution is 8.03. The van der Waals surface area contributed by atoms with Crippen molar-refractivity contribution in [1.82, 2.24) is 0 Å². The highest BCUT2D eigenvalue weighted by atomic mass is 32.2. The molecule has 1 heteroatoms. The number of rotatable bonds is 6. The second kappa shape index (κ2) is 8.43. The van der Waals surface area contributed by atoms with Gasteiger partial charge in [0.25, 0.3) is 0 Å². The van der Waals surface area contributed by atoms with Gasteiger partial charge in [0.2, 0.25) is 0 Å². The lowest BCUT2D eigenvalue weighted by molar-refractivity contribution is 0.900. The lowest BCUT2D eigenvalue weighted by Gasteiger charge is -2.05. The summed E-state index contributed by atoms with van der Waals surface area (Å²) in [6, 6.07) is 0. The predicted octanol–water partition coefficient (Wildman–Crippen LogP) is 4.78. The van der Waals surface area contributed by atoms with Crippen LogP contribution in [0.1, 0.15) is 47.0 Å². The summed E-state index contributed by atoms with van der Waals surface area (Å²) in [4.78, 5) is 1.43. The number of allylic oxidation sites excluding steroid dienone is 3. The summed E-state index contributed by atoms with van der Waals surface area (Å²) in [5.41, 5.74) is 1.61. The smallest absolute Gasteiger partial charge is 0.0187 e. The average molecular weight is 198 g/mol. The molecule has 0 fully saturated rings. The van der Waals surface area contributed by atoms with Crippen LogP contribution in [-0.2, 0) is 0 Å². The van der Waals surface area contributed by atoms with Crippen LogP contribution in [0.4, 0.5) is 0 Å². The van der Waals surface area contributed by atoms with E-state index in [9.17, 15) is 0 Å². The van der Waals surface area contributed by atoms with Gasteiger partial charge in [-0.15, -0.1) is 11.8 Å². The number of hydrogen-bond donors (Lipinski definition) is 0. The second-order valence-electron chi connectivity index (χ2n) is 3.21. The molecule has 0 nitrogen and oxygen atoms in total. The van der Waals surface area contributed by atoms with Gasteiger partial charge in [-0.25, -0.2) is 0 Å². The van der Waals surface area contributed by atoms with Crippen molar-refractivity contribution in [3.05, 3.63) is 22.6 Å². The Morgan fingerprint density at radius 2 is 2.00 bits per heavy atom. The Balaban J connectivity index is 3.89. The normalized spacial score (nSPS) is 13.5. The maximum atomic E-state index is 2.37. The van der Waals surface area contributed by atoms with Crippen molar-refractivity contribution in [3.63, 3.8) is 0 Å². The maximum Gasteiger partial charge on any atom is 0.0187 e. The van der Waals surface area contributed by atoms with Crippen LogP contribution < -0.4 is 0 Å². The Hall–Kier alpha value is -0.170. The molecule has 0 aromatic rings. The summed E-state index contributed by atoms with van der Waals surface area (Å²) < 4.78 is 0. The Kier molecular flexibility index (Phi) is 8.32. The predicted molar refractivity (Wildman–Crippen MR) is 65.2 cm³/mol. The number of thioether (sulfide) groups is 1. The summed E-state index contributed by atoms with van der Waals surface area (Å²) in [7, 11) is 0. The van der Waals surface area contributed by atoms with Crippen molar-refractivity contribution in [3.8, 4) is 0 Å². The molecule has 0 amide bonds. The molecule has 0 heterocycles. The van der Waals surface area contributed by atoms with Crippen LogP contribution in [0.2, 0.25) is 0 Å². The first-order valence-electron chi connectivity index (χ1n) is 5.18. The fourth-order valence-corrected chi connectivity index (χ4v) is 1.97. The minimum Gasteiger partial charge on any atom is -0.127 e. The molecule has 0 spiro atoms. The molecule has 0 aromatic heterocycles. The molecule has 0 bridgehead atoms. The molecular formula is C12H22S. The highest BCUT2D eigenvalue weighted by Crippen LogP contribution is 2.20. The van der Waals surface area contributed by atoms with Crippen LogP contribution in [-0.4, -0.2) is 5.75 Å². The molecule has 0 aliphatic carbocycles. The quantitative estimate of drug-likeness (QED) is 0.553. The first-order chi connectivity index (χ1) is 6.24. The summed E-state index contributed by atoms with van der Waals surface area (Å²) in [6.07, 6.45) is 8.25. The van der Waals surface area contributed by atoms with Gasteiger partial charge in [-0.3, -0.25) is 0 Å². The van der Waals surface area contributed by atoms with Gasteiger partial charge in [0, 0.05) is 5.75 Å². The molecule has 0 saturated carbocycles. The molecule has 0 aliphatic heterocycles. The molecule has 0 aliphatic rings. The van der Waals surface area contributed by atoms with E-state index < -0.39 is 0 Å². The van der Waals surface area contributed by atoms with Gasteiger partial charge in [0.1, 0.15) is 0 Å². The van der Waals surface area contributed by atoms with Crippen molar-refractivity contribution >= 4 is 11.8 Å². The third kappa shape index (κ3) is 6.94. The maximum absolute atomic E-state index is 2.37. The molecule has 0 rings (SSSR count). The highest BCUT2D eigenvalue weighted by Gasteiger charge is 1.96. The summed E-state index contributed by atoms with van der Waals surface area (Å²) in [6.45, 7) is 8.74. The van der Waals surface area contributed by atoms with Gasteiger partial charge in [0.05, 0.1) is 0 Å². The van der Waals surface area contributed by atoms with Gasteiger partial charge in [-0.2, -0.15) is 0 Å². The van der Waals surface area contributed by atoms with E-state index in [0.29, 0.717) is 0 Å². The van der Waals surface area contributed by atoms with Gasteiger partial charge >= 0.3 is 0 Å². The zero-order chi connectivity index (χ0) is 10.1. The zero-order valence-electron chi connectivity index (χ0n) is 9.39. The third-order valence-electron chi connectivity index (χ3n) is 1.96. The summed E-state index contributed by atoms with van der Waals surface area (Å²) >= 11 is 1.96. The minimum absolute atomic E-state index is 1.17. The zero-order valence-corrected chi connectivity index (χ0v) is 10.2. The lowest BCUT2D eigenvalue weighted by Crippen LogP contribution is -1.87.